The van der Waals surface area contributed by atoms with Gasteiger partial charge in [-0.2, -0.15) is 0 Å². The number of benzene rings is 2. The van der Waals surface area contributed by atoms with E-state index in [2.05, 4.69) is 68.3 Å². The molecule has 1 aliphatic heterocycles. The van der Waals surface area contributed by atoms with Crippen LogP contribution in [0.1, 0.15) is 58.4 Å². The van der Waals surface area contributed by atoms with Crippen LogP contribution in [-0.2, 0) is 10.3 Å². The first-order valence-electron chi connectivity index (χ1n) is 15.8. The van der Waals surface area contributed by atoms with Crippen LogP contribution in [0.3, 0.4) is 0 Å². The normalized spacial score (nSPS) is 16.0. The van der Waals surface area contributed by atoms with Crippen molar-refractivity contribution in [2.75, 3.05) is 23.7 Å². The average molecular weight is 602 g/mol. The summed E-state index contributed by atoms with van der Waals surface area (Å²) < 4.78 is 7.64. The topological polar surface area (TPSA) is 111 Å². The van der Waals surface area contributed by atoms with Crippen molar-refractivity contribution in [3.63, 3.8) is 0 Å². The highest BCUT2D eigenvalue weighted by Crippen LogP contribution is 2.42. The summed E-state index contributed by atoms with van der Waals surface area (Å²) in [6.45, 7) is 7.80. The summed E-state index contributed by atoms with van der Waals surface area (Å²) in [4.78, 5) is 29.7. The van der Waals surface area contributed by atoms with E-state index in [0.717, 1.165) is 71.6 Å². The van der Waals surface area contributed by atoms with E-state index in [1.54, 1.807) is 6.20 Å². The Hall–Kier alpha value is -4.92. The molecule has 2 fully saturated rings. The minimum atomic E-state index is -0.562. The number of anilines is 2. The second-order valence-corrected chi connectivity index (χ2v) is 13.1. The minimum absolute atomic E-state index is 0.397. The number of ether oxygens (including phenoxy) is 1. The van der Waals surface area contributed by atoms with Crippen LogP contribution in [0.2, 0.25) is 0 Å². The van der Waals surface area contributed by atoms with E-state index in [1.807, 2.05) is 45.0 Å². The number of nitrogen functional groups attached to an aromatic ring is 1. The van der Waals surface area contributed by atoms with Crippen LogP contribution < -0.4 is 16.0 Å². The van der Waals surface area contributed by atoms with Gasteiger partial charge in [-0.15, -0.1) is 0 Å². The molecule has 9 heteroatoms. The molecule has 1 aliphatic carbocycles. The third-order valence-electron chi connectivity index (χ3n) is 8.82. The molecule has 0 bridgehead atoms. The van der Waals surface area contributed by atoms with Crippen LogP contribution in [0.4, 0.5) is 16.3 Å². The van der Waals surface area contributed by atoms with Gasteiger partial charge in [0.05, 0.1) is 16.8 Å². The van der Waals surface area contributed by atoms with Gasteiger partial charge in [0.15, 0.2) is 11.5 Å². The SMILES string of the molecule is CC(C)(C)OC(=O)NC1(c2ccc(-n3c(-c4cccnc4N)nc4ccc(-c5cccc(N6CCCC6)c5)nc43)cc2)CCC1. The van der Waals surface area contributed by atoms with Gasteiger partial charge in [0.25, 0.3) is 0 Å². The van der Waals surface area contributed by atoms with E-state index in [1.165, 1.54) is 18.5 Å². The molecule has 230 valence electrons. The van der Waals surface area contributed by atoms with Gasteiger partial charge < -0.3 is 20.7 Å². The van der Waals surface area contributed by atoms with Crippen molar-refractivity contribution in [2.24, 2.45) is 0 Å². The van der Waals surface area contributed by atoms with Crippen molar-refractivity contribution in [3.05, 3.63) is 84.6 Å². The van der Waals surface area contributed by atoms with Crippen molar-refractivity contribution in [3.8, 4) is 28.3 Å². The lowest BCUT2D eigenvalue weighted by Gasteiger charge is -2.43. The fourth-order valence-electron chi connectivity index (χ4n) is 6.43. The number of fused-ring (bicyclic) bond motifs is 1. The molecule has 2 aliphatic rings. The predicted molar refractivity (Wildman–Crippen MR) is 178 cm³/mol. The van der Waals surface area contributed by atoms with Crippen LogP contribution in [0.15, 0.2) is 79.0 Å². The zero-order chi connectivity index (χ0) is 31.2. The van der Waals surface area contributed by atoms with E-state index < -0.39 is 17.2 Å². The smallest absolute Gasteiger partial charge is 0.408 e. The highest BCUT2D eigenvalue weighted by molar-refractivity contribution is 5.85. The monoisotopic (exact) mass is 601 g/mol. The van der Waals surface area contributed by atoms with Gasteiger partial charge in [-0.3, -0.25) is 4.57 Å². The number of imidazole rings is 1. The lowest BCUT2D eigenvalue weighted by molar-refractivity contribution is 0.0377. The summed E-state index contributed by atoms with van der Waals surface area (Å²) in [5.41, 5.74) is 12.7. The van der Waals surface area contributed by atoms with E-state index in [4.69, 9.17) is 20.4 Å². The second-order valence-electron chi connectivity index (χ2n) is 13.1. The maximum absolute atomic E-state index is 12.7. The summed E-state index contributed by atoms with van der Waals surface area (Å²) in [7, 11) is 0. The standard InChI is InChI=1S/C36H39N7O2/c1-35(2,3)45-34(44)41-36(18-8-19-36)25-12-14-26(15-13-25)43-32(28-11-7-20-38-31(28)37)40-30-17-16-29(39-33(30)43)24-9-6-10-27(23-24)42-21-4-5-22-42/h6-7,9-17,20,23H,4-5,8,18-19,21-22H2,1-3H3,(H2,37,38)(H,41,44). The van der Waals surface area contributed by atoms with Gasteiger partial charge in [0.2, 0.25) is 0 Å². The van der Waals surface area contributed by atoms with Gasteiger partial charge >= 0.3 is 6.09 Å². The summed E-state index contributed by atoms with van der Waals surface area (Å²) >= 11 is 0. The van der Waals surface area contributed by atoms with Gasteiger partial charge in [0.1, 0.15) is 16.9 Å². The van der Waals surface area contributed by atoms with Crippen LogP contribution in [0.5, 0.6) is 0 Å². The fourth-order valence-corrected chi connectivity index (χ4v) is 6.43. The second kappa shape index (κ2) is 11.2. The number of hydrogen-bond acceptors (Lipinski definition) is 7. The van der Waals surface area contributed by atoms with Gasteiger partial charge in [0, 0.05) is 36.2 Å². The van der Waals surface area contributed by atoms with Crippen molar-refractivity contribution >= 4 is 28.8 Å². The summed E-state index contributed by atoms with van der Waals surface area (Å²) in [5.74, 6) is 1.07. The van der Waals surface area contributed by atoms with Gasteiger partial charge in [-0.25, -0.2) is 19.7 Å². The molecule has 3 N–H and O–H groups in total. The molecule has 0 unspecified atom stereocenters. The molecule has 7 rings (SSSR count). The maximum Gasteiger partial charge on any atom is 0.408 e. The first-order chi connectivity index (χ1) is 21.7. The molecule has 2 aromatic carbocycles. The maximum atomic E-state index is 12.7. The number of pyridine rings is 2. The third kappa shape index (κ3) is 5.59. The Balaban J connectivity index is 1.30. The summed E-state index contributed by atoms with van der Waals surface area (Å²) in [5, 5.41) is 3.16. The number of aromatic nitrogens is 4. The lowest BCUT2D eigenvalue weighted by Crippen LogP contribution is -2.52. The third-order valence-corrected chi connectivity index (χ3v) is 8.82. The molecule has 5 aromatic rings. The highest BCUT2D eigenvalue weighted by Gasteiger charge is 2.41. The molecule has 4 heterocycles. The van der Waals surface area contributed by atoms with Crippen LogP contribution in [0.25, 0.3) is 39.5 Å². The van der Waals surface area contributed by atoms with E-state index in [9.17, 15) is 4.79 Å². The fraction of sp³-hybridized carbons (Fsp3) is 0.333. The number of nitrogens with two attached hydrogens (primary N) is 1. The molecule has 0 spiro atoms. The van der Waals surface area contributed by atoms with Crippen LogP contribution in [0, 0.1) is 0 Å². The van der Waals surface area contributed by atoms with E-state index in [0.29, 0.717) is 11.6 Å². The molecular weight excluding hydrogens is 562 g/mol. The molecule has 0 radical (unpaired) electrons. The summed E-state index contributed by atoms with van der Waals surface area (Å²) in [6.07, 6.45) is 6.50. The number of hydrogen-bond donors (Lipinski definition) is 2. The Morgan fingerprint density at radius 3 is 2.38 bits per heavy atom. The van der Waals surface area contributed by atoms with Gasteiger partial charge in [-0.1, -0.05) is 24.3 Å². The number of carbonyl (C=O) groups is 1. The number of nitrogens with zero attached hydrogens (tertiary/aromatic N) is 5. The molecule has 1 saturated heterocycles. The Morgan fingerprint density at radius 2 is 1.69 bits per heavy atom. The summed E-state index contributed by atoms with van der Waals surface area (Å²) in [6, 6.07) is 24.8. The molecule has 45 heavy (non-hydrogen) atoms. The number of rotatable bonds is 6. The quantitative estimate of drug-likeness (QED) is 0.211. The van der Waals surface area contributed by atoms with E-state index >= 15 is 0 Å². The minimum Gasteiger partial charge on any atom is -0.444 e. The number of amides is 1. The van der Waals surface area contributed by atoms with Crippen molar-refractivity contribution in [1.29, 1.82) is 0 Å². The molecule has 1 saturated carbocycles. The average Bonchev–Trinajstić information content (AvgIpc) is 3.67. The Kier molecular flexibility index (Phi) is 7.19. The molecular formula is C36H39N7O2. The predicted octanol–water partition coefficient (Wildman–Crippen LogP) is 7.24. The Morgan fingerprint density at radius 1 is 0.911 bits per heavy atom. The number of carbonyl (C=O) groups excluding carboxylic acids is 1. The van der Waals surface area contributed by atoms with E-state index in [-0.39, 0.29) is 0 Å². The lowest BCUT2D eigenvalue weighted by atomic mass is 9.72. The van der Waals surface area contributed by atoms with Crippen LogP contribution >= 0.6 is 0 Å². The Labute approximate surface area is 263 Å². The zero-order valence-corrected chi connectivity index (χ0v) is 26.1. The number of alkyl carbamates (subject to hydrolysis) is 1. The zero-order valence-electron chi connectivity index (χ0n) is 26.1. The molecule has 9 nitrogen and oxygen atoms in total. The van der Waals surface area contributed by atoms with Crippen molar-refractivity contribution in [2.45, 2.75) is 64.0 Å². The first kappa shape index (κ1) is 28.8. The molecule has 1 amide bonds. The molecule has 3 aromatic heterocycles. The highest BCUT2D eigenvalue weighted by atomic mass is 16.6. The van der Waals surface area contributed by atoms with Crippen molar-refractivity contribution in [1.82, 2.24) is 24.8 Å². The molecule has 0 atom stereocenters. The van der Waals surface area contributed by atoms with Crippen molar-refractivity contribution < 1.29 is 9.53 Å². The first-order valence-corrected chi connectivity index (χ1v) is 15.8. The Bertz CT molecular complexity index is 1860. The largest absolute Gasteiger partial charge is 0.444 e. The van der Waals surface area contributed by atoms with Gasteiger partial charge in [-0.05, 0) is 107 Å². The van der Waals surface area contributed by atoms with Crippen LogP contribution in [-0.4, -0.2) is 44.3 Å². The number of nitrogens with one attached hydrogen (secondary N) is 1.